The van der Waals surface area contributed by atoms with Crippen molar-refractivity contribution in [2.24, 2.45) is 0 Å². The number of benzene rings is 10. The van der Waals surface area contributed by atoms with Crippen LogP contribution in [0.25, 0.3) is 99.4 Å². The van der Waals surface area contributed by atoms with E-state index in [-0.39, 0.29) is 17.0 Å². The highest BCUT2D eigenvalue weighted by molar-refractivity contribution is 8.93. The number of hydrogen-bond acceptors (Lipinski definition) is 0. The molecule has 11 rings (SSSR count). The molecular weight excluding hydrogens is 887 g/mol. The lowest BCUT2D eigenvalue weighted by molar-refractivity contribution is -0.953. The van der Waals surface area contributed by atoms with Crippen molar-refractivity contribution in [1.82, 2.24) is 0 Å². The molecule has 0 atom stereocenters. The van der Waals surface area contributed by atoms with E-state index in [1.165, 1.54) is 136 Å². The van der Waals surface area contributed by atoms with Crippen molar-refractivity contribution < 1.29 is 4.48 Å². The molecule has 334 valence electrons. The maximum absolute atomic E-state index is 2.54. The summed E-state index contributed by atoms with van der Waals surface area (Å²) in [6, 6.07) is 82.0. The average molecular weight is 946 g/mol. The molecule has 1 heterocycles. The van der Waals surface area contributed by atoms with E-state index in [2.05, 4.69) is 232 Å². The fourth-order valence-corrected chi connectivity index (χ4v) is 11.1. The average Bonchev–Trinajstić information content (AvgIpc) is 3.55. The summed E-state index contributed by atoms with van der Waals surface area (Å²) in [7, 11) is 0. The number of unbranched alkanes of at least 4 members (excludes halogenated alkanes) is 2. The molecule has 0 aromatic heterocycles. The molecule has 0 aliphatic carbocycles. The zero-order chi connectivity index (χ0) is 45.2. The second-order valence-corrected chi connectivity index (χ2v) is 18.9. The van der Waals surface area contributed by atoms with E-state index >= 15 is 0 Å². The van der Waals surface area contributed by atoms with Crippen molar-refractivity contribution >= 4 is 38.5 Å². The minimum absolute atomic E-state index is 0. The third kappa shape index (κ3) is 8.76. The summed E-state index contributed by atoms with van der Waals surface area (Å²) >= 11 is 0. The largest absolute Gasteiger partial charge is 0.316 e. The van der Waals surface area contributed by atoms with Crippen molar-refractivity contribution in [2.45, 2.75) is 52.6 Å². The minimum Gasteiger partial charge on any atom is -0.316 e. The predicted octanol–water partition coefficient (Wildman–Crippen LogP) is 18.7. The fraction of sp³-hybridized carbons (Fsp3) is 0.152. The molecule has 10 aromatic carbocycles. The van der Waals surface area contributed by atoms with Crippen LogP contribution in [-0.4, -0.2) is 17.6 Å². The molecule has 1 aliphatic heterocycles. The van der Waals surface area contributed by atoms with Crippen LogP contribution in [-0.2, 0) is 13.1 Å². The van der Waals surface area contributed by atoms with E-state index in [0.29, 0.717) is 0 Å². The zero-order valence-corrected chi connectivity index (χ0v) is 41.0. The number of nitrogens with zero attached hydrogens (tertiary/aromatic N) is 1. The molecule has 0 radical (unpaired) electrons. The van der Waals surface area contributed by atoms with Crippen molar-refractivity contribution in [3.8, 4) is 77.9 Å². The molecule has 0 spiro atoms. The van der Waals surface area contributed by atoms with E-state index < -0.39 is 0 Å². The molecule has 1 aliphatic rings. The van der Waals surface area contributed by atoms with Crippen LogP contribution in [0.15, 0.2) is 218 Å². The van der Waals surface area contributed by atoms with Gasteiger partial charge < -0.3 is 4.48 Å². The van der Waals surface area contributed by atoms with E-state index in [4.69, 9.17) is 0 Å². The number of rotatable bonds is 12. The van der Waals surface area contributed by atoms with E-state index in [1.807, 2.05) is 0 Å². The lowest BCUT2D eigenvalue weighted by Gasteiger charge is -2.39. The molecule has 10 aromatic rings. The molecule has 0 amide bonds. The van der Waals surface area contributed by atoms with Gasteiger partial charge in [0.2, 0.25) is 0 Å². The highest BCUT2D eigenvalue weighted by atomic mass is 79.9. The van der Waals surface area contributed by atoms with Crippen molar-refractivity contribution in [3.05, 3.63) is 230 Å². The minimum atomic E-state index is 0. The molecule has 1 nitrogen and oxygen atoms in total. The SMILES string of the molecule is Br.CCCC[N+]1(CCCC)Cc2c(-c3cc(-c4ccccc4)cc(-c4ccccc4)c3)cc3ccccc3c2-c2c(c(-c3cc(-c4ccccc4)cc(-c4ccccc4)c3)cc3ccccc23)C1. The Morgan fingerprint density at radius 1 is 0.324 bits per heavy atom. The Hall–Kier alpha value is -6.84. The number of quaternary nitrogens is 1. The zero-order valence-electron chi connectivity index (χ0n) is 39.3. The maximum Gasteiger partial charge on any atom is 0.106 e. The Balaban J connectivity index is 0.00000539. The molecule has 68 heavy (non-hydrogen) atoms. The third-order valence-electron chi connectivity index (χ3n) is 14.4. The number of fused-ring (bicyclic) bond motifs is 7. The summed E-state index contributed by atoms with van der Waals surface area (Å²) < 4.78 is 1.02. The van der Waals surface area contributed by atoms with Gasteiger partial charge >= 0.3 is 0 Å². The first-order chi connectivity index (χ1) is 33.1. The highest BCUT2D eigenvalue weighted by Crippen LogP contribution is 2.51. The Morgan fingerprint density at radius 3 is 0.941 bits per heavy atom. The highest BCUT2D eigenvalue weighted by Gasteiger charge is 2.37. The van der Waals surface area contributed by atoms with Gasteiger partial charge in [0.25, 0.3) is 0 Å². The molecule has 0 fully saturated rings. The van der Waals surface area contributed by atoms with Gasteiger partial charge in [0, 0.05) is 22.3 Å². The van der Waals surface area contributed by atoms with E-state index in [0.717, 1.165) is 30.7 Å². The molecule has 0 saturated heterocycles. The van der Waals surface area contributed by atoms with Crippen LogP contribution >= 0.6 is 17.0 Å². The number of hydrogen-bond donors (Lipinski definition) is 0. The summed E-state index contributed by atoms with van der Waals surface area (Å²) in [5.74, 6) is 0. The lowest BCUT2D eigenvalue weighted by Crippen LogP contribution is -2.47. The summed E-state index contributed by atoms with van der Waals surface area (Å²) in [6.07, 6.45) is 4.70. The van der Waals surface area contributed by atoms with Crippen LogP contribution in [0.3, 0.4) is 0 Å². The second-order valence-electron chi connectivity index (χ2n) is 18.9. The van der Waals surface area contributed by atoms with Gasteiger partial charge in [-0.1, -0.05) is 197 Å². The third-order valence-corrected chi connectivity index (χ3v) is 14.4. The van der Waals surface area contributed by atoms with Crippen LogP contribution in [0.5, 0.6) is 0 Å². The van der Waals surface area contributed by atoms with Gasteiger partial charge in [0.15, 0.2) is 0 Å². The van der Waals surface area contributed by atoms with Gasteiger partial charge in [-0.3, -0.25) is 0 Å². The molecule has 0 N–H and O–H groups in total. The topological polar surface area (TPSA) is 0 Å². The Kier molecular flexibility index (Phi) is 13.1. The van der Waals surface area contributed by atoms with Gasteiger partial charge in [-0.05, 0) is 150 Å². The number of halogens is 1. The Labute approximate surface area is 413 Å². The van der Waals surface area contributed by atoms with Crippen LogP contribution in [0.1, 0.15) is 50.7 Å². The van der Waals surface area contributed by atoms with Crippen LogP contribution in [0, 0.1) is 0 Å². The monoisotopic (exact) mass is 944 g/mol. The smallest absolute Gasteiger partial charge is 0.106 e. The predicted molar refractivity (Wildman–Crippen MR) is 297 cm³/mol. The maximum atomic E-state index is 2.54. The Bertz CT molecular complexity index is 3010. The molecule has 0 bridgehead atoms. The van der Waals surface area contributed by atoms with Crippen molar-refractivity contribution in [2.75, 3.05) is 13.1 Å². The first-order valence-electron chi connectivity index (χ1n) is 24.6. The Morgan fingerprint density at radius 2 is 0.618 bits per heavy atom. The van der Waals surface area contributed by atoms with Gasteiger partial charge in [0.05, 0.1) is 13.1 Å². The molecule has 2 heteroatoms. The summed E-state index contributed by atoms with van der Waals surface area (Å²) in [4.78, 5) is 0. The first-order valence-corrected chi connectivity index (χ1v) is 24.6. The fourth-order valence-electron chi connectivity index (χ4n) is 11.1. The standard InChI is InChI=1S/C66H58N.BrH/c1-3-5-35-67(36-6-4-2)45-63-61(57-39-53(47-23-11-7-12-24-47)37-54(40-57)48-25-13-8-14-26-48)43-51-31-19-21-33-59(51)65(63)66-60-34-22-20-32-52(60)44-62(64(66)46-67)58-41-55(49-27-15-9-16-28-49)38-56(42-58)50-29-17-10-18-30-50;/h7-34,37-44H,3-6,35-36,45-46H2,1-2H3;1H/q+1;. The van der Waals surface area contributed by atoms with Crippen LogP contribution in [0.2, 0.25) is 0 Å². The molecular formula is C66H59BrN+. The molecule has 0 unspecified atom stereocenters. The summed E-state index contributed by atoms with van der Waals surface area (Å²) in [6.45, 7) is 8.93. The van der Waals surface area contributed by atoms with Gasteiger partial charge in [-0.2, -0.15) is 0 Å². The van der Waals surface area contributed by atoms with E-state index in [1.54, 1.807) is 0 Å². The van der Waals surface area contributed by atoms with Crippen LogP contribution < -0.4 is 0 Å². The second kappa shape index (κ2) is 19.8. The molecule has 0 saturated carbocycles. The van der Waals surface area contributed by atoms with E-state index in [9.17, 15) is 0 Å². The lowest BCUT2D eigenvalue weighted by atomic mass is 9.81. The summed E-state index contributed by atoms with van der Waals surface area (Å²) in [5.41, 5.74) is 20.9. The van der Waals surface area contributed by atoms with Gasteiger partial charge in [-0.25, -0.2) is 0 Å². The first kappa shape index (κ1) is 45.0. The quantitative estimate of drug-likeness (QED) is 0.107. The van der Waals surface area contributed by atoms with Gasteiger partial charge in [-0.15, -0.1) is 17.0 Å². The van der Waals surface area contributed by atoms with Gasteiger partial charge in [0.1, 0.15) is 13.1 Å². The normalized spacial score (nSPS) is 12.8. The van der Waals surface area contributed by atoms with Crippen LogP contribution in [0.4, 0.5) is 0 Å². The van der Waals surface area contributed by atoms with Crippen molar-refractivity contribution in [3.63, 3.8) is 0 Å². The summed E-state index contributed by atoms with van der Waals surface area (Å²) in [5, 5.41) is 5.23. The van der Waals surface area contributed by atoms with Crippen molar-refractivity contribution in [1.29, 1.82) is 0 Å².